The predicted molar refractivity (Wildman–Crippen MR) is 67.1 cm³/mol. The molecule has 0 aliphatic heterocycles. The molecule has 0 aromatic carbocycles. The van der Waals surface area contributed by atoms with Gasteiger partial charge in [-0.15, -0.1) is 0 Å². The first-order chi connectivity index (χ1) is 7.81. The molecule has 2 rings (SSSR count). The van der Waals surface area contributed by atoms with Crippen molar-refractivity contribution in [3.05, 3.63) is 35.2 Å². The summed E-state index contributed by atoms with van der Waals surface area (Å²) in [5, 5.41) is 3.17. The van der Waals surface area contributed by atoms with Crippen LogP contribution in [0.5, 0.6) is 0 Å². The van der Waals surface area contributed by atoms with Crippen molar-refractivity contribution in [3.8, 4) is 11.4 Å². The summed E-state index contributed by atoms with van der Waals surface area (Å²) in [4.78, 5) is 12.7. The van der Waals surface area contributed by atoms with E-state index in [0.717, 1.165) is 22.4 Å². The maximum absolute atomic E-state index is 4.44. The van der Waals surface area contributed by atoms with Gasteiger partial charge in [0.05, 0.1) is 4.47 Å². The molecule has 0 saturated carbocycles. The average molecular weight is 279 g/mol. The van der Waals surface area contributed by atoms with Gasteiger partial charge in [-0.05, 0) is 35.0 Å². The molecule has 4 nitrogen and oxygen atoms in total. The first kappa shape index (κ1) is 11.0. The molecule has 0 bridgehead atoms. The number of nitrogens with one attached hydrogen (secondary N) is 1. The van der Waals surface area contributed by atoms with E-state index in [2.05, 4.69) is 36.2 Å². The molecule has 0 saturated heterocycles. The van der Waals surface area contributed by atoms with Crippen molar-refractivity contribution in [1.82, 2.24) is 15.0 Å². The first-order valence-electron chi connectivity index (χ1n) is 4.98. The van der Waals surface area contributed by atoms with Gasteiger partial charge < -0.3 is 5.32 Å². The Morgan fingerprint density at radius 3 is 2.75 bits per heavy atom. The molecular formula is C11H11BrN4. The second-order valence-electron chi connectivity index (χ2n) is 3.16. The van der Waals surface area contributed by atoms with Crippen molar-refractivity contribution < 1.29 is 0 Å². The molecular weight excluding hydrogens is 268 g/mol. The topological polar surface area (TPSA) is 50.7 Å². The zero-order chi connectivity index (χ0) is 11.4. The largest absolute Gasteiger partial charge is 0.369 e. The van der Waals surface area contributed by atoms with Crippen molar-refractivity contribution >= 4 is 21.7 Å². The normalized spacial score (nSPS) is 10.1. The van der Waals surface area contributed by atoms with Gasteiger partial charge in [-0.3, -0.25) is 4.98 Å². The smallest absolute Gasteiger partial charge is 0.161 e. The molecule has 0 unspecified atom stereocenters. The molecule has 2 heterocycles. The van der Waals surface area contributed by atoms with E-state index in [1.807, 2.05) is 19.1 Å². The number of pyridine rings is 1. The first-order valence-corrected chi connectivity index (χ1v) is 5.77. The monoisotopic (exact) mass is 278 g/mol. The van der Waals surface area contributed by atoms with Gasteiger partial charge in [0.15, 0.2) is 5.82 Å². The minimum Gasteiger partial charge on any atom is -0.369 e. The van der Waals surface area contributed by atoms with E-state index in [9.17, 15) is 0 Å². The van der Waals surface area contributed by atoms with Gasteiger partial charge in [0.1, 0.15) is 5.82 Å². The van der Waals surface area contributed by atoms with E-state index in [-0.39, 0.29) is 0 Å². The summed E-state index contributed by atoms with van der Waals surface area (Å²) in [6.45, 7) is 2.85. The number of rotatable bonds is 3. The van der Waals surface area contributed by atoms with Crippen LogP contribution in [0.2, 0.25) is 0 Å². The van der Waals surface area contributed by atoms with Crippen LogP contribution in [0.1, 0.15) is 6.92 Å². The van der Waals surface area contributed by atoms with Crippen LogP contribution in [0.4, 0.5) is 5.82 Å². The minimum atomic E-state index is 0.696. The van der Waals surface area contributed by atoms with Crippen molar-refractivity contribution in [2.45, 2.75) is 6.92 Å². The van der Waals surface area contributed by atoms with Crippen LogP contribution in [-0.4, -0.2) is 21.5 Å². The Labute approximate surface area is 102 Å². The Balaban J connectivity index is 2.40. The van der Waals surface area contributed by atoms with E-state index in [4.69, 9.17) is 0 Å². The highest BCUT2D eigenvalue weighted by atomic mass is 79.9. The molecule has 0 aliphatic rings. The van der Waals surface area contributed by atoms with Crippen molar-refractivity contribution in [2.24, 2.45) is 0 Å². The fourth-order valence-corrected chi connectivity index (χ4v) is 1.63. The summed E-state index contributed by atoms with van der Waals surface area (Å²) in [5.41, 5.74) is 0.960. The molecule has 2 aromatic rings. The summed E-state index contributed by atoms with van der Waals surface area (Å²) in [7, 11) is 0. The van der Waals surface area contributed by atoms with Gasteiger partial charge in [0.2, 0.25) is 0 Å². The zero-order valence-corrected chi connectivity index (χ0v) is 10.4. The minimum absolute atomic E-state index is 0.696. The molecule has 16 heavy (non-hydrogen) atoms. The van der Waals surface area contributed by atoms with E-state index >= 15 is 0 Å². The van der Waals surface area contributed by atoms with E-state index in [1.54, 1.807) is 18.6 Å². The average Bonchev–Trinajstić information content (AvgIpc) is 2.33. The molecule has 0 radical (unpaired) electrons. The lowest BCUT2D eigenvalue weighted by molar-refractivity contribution is 1.10. The summed E-state index contributed by atoms with van der Waals surface area (Å²) >= 11 is 3.40. The van der Waals surface area contributed by atoms with Gasteiger partial charge in [0, 0.05) is 30.7 Å². The highest BCUT2D eigenvalue weighted by Gasteiger charge is 2.05. The summed E-state index contributed by atoms with van der Waals surface area (Å²) in [6.07, 6.45) is 5.21. The van der Waals surface area contributed by atoms with Crippen molar-refractivity contribution in [3.63, 3.8) is 0 Å². The molecule has 0 atom stereocenters. The molecule has 2 aromatic heterocycles. The van der Waals surface area contributed by atoms with Gasteiger partial charge in [-0.25, -0.2) is 9.97 Å². The number of hydrogen-bond donors (Lipinski definition) is 1. The van der Waals surface area contributed by atoms with Crippen molar-refractivity contribution in [1.29, 1.82) is 0 Å². The van der Waals surface area contributed by atoms with Crippen LogP contribution in [0.15, 0.2) is 35.2 Å². The lowest BCUT2D eigenvalue weighted by Crippen LogP contribution is -2.02. The Morgan fingerprint density at radius 1 is 1.31 bits per heavy atom. The maximum Gasteiger partial charge on any atom is 0.161 e. The van der Waals surface area contributed by atoms with Crippen LogP contribution < -0.4 is 5.32 Å². The second kappa shape index (κ2) is 5.03. The lowest BCUT2D eigenvalue weighted by atomic mass is 10.2. The highest BCUT2D eigenvalue weighted by molar-refractivity contribution is 9.10. The Hall–Kier alpha value is -1.49. The Bertz CT molecular complexity index is 473. The molecule has 1 N–H and O–H groups in total. The third-order valence-electron chi connectivity index (χ3n) is 2.03. The molecule has 0 aliphatic carbocycles. The molecule has 5 heteroatoms. The number of aromatic nitrogens is 3. The quantitative estimate of drug-likeness (QED) is 0.938. The van der Waals surface area contributed by atoms with Crippen molar-refractivity contribution in [2.75, 3.05) is 11.9 Å². The molecule has 0 fully saturated rings. The standard InChI is InChI=1S/C11H11BrN4/c1-2-14-11-9(12)7-15-10(16-11)8-3-5-13-6-4-8/h3-7H,2H2,1H3,(H,14,15,16). The third-order valence-corrected chi connectivity index (χ3v) is 2.61. The highest BCUT2D eigenvalue weighted by Crippen LogP contribution is 2.22. The van der Waals surface area contributed by atoms with Gasteiger partial charge in [-0.1, -0.05) is 0 Å². The molecule has 0 amide bonds. The fourth-order valence-electron chi connectivity index (χ4n) is 1.30. The number of hydrogen-bond acceptors (Lipinski definition) is 4. The Kier molecular flexibility index (Phi) is 3.46. The Morgan fingerprint density at radius 2 is 2.06 bits per heavy atom. The van der Waals surface area contributed by atoms with Gasteiger partial charge in [0.25, 0.3) is 0 Å². The number of anilines is 1. The van der Waals surface area contributed by atoms with Crippen LogP contribution >= 0.6 is 15.9 Å². The fraction of sp³-hybridized carbons (Fsp3) is 0.182. The molecule has 82 valence electrons. The SMILES string of the molecule is CCNc1nc(-c2ccncc2)ncc1Br. The van der Waals surface area contributed by atoms with Crippen LogP contribution in [0.3, 0.4) is 0 Å². The van der Waals surface area contributed by atoms with Crippen LogP contribution in [-0.2, 0) is 0 Å². The third kappa shape index (κ3) is 2.36. The summed E-state index contributed by atoms with van der Waals surface area (Å²) < 4.78 is 0.868. The van der Waals surface area contributed by atoms with Crippen LogP contribution in [0.25, 0.3) is 11.4 Å². The van der Waals surface area contributed by atoms with Gasteiger partial charge >= 0.3 is 0 Å². The van der Waals surface area contributed by atoms with E-state index < -0.39 is 0 Å². The summed E-state index contributed by atoms with van der Waals surface area (Å²) in [6, 6.07) is 3.78. The number of halogens is 1. The molecule has 0 spiro atoms. The van der Waals surface area contributed by atoms with E-state index in [1.165, 1.54) is 0 Å². The van der Waals surface area contributed by atoms with Gasteiger partial charge in [-0.2, -0.15) is 0 Å². The number of nitrogens with zero attached hydrogens (tertiary/aromatic N) is 3. The zero-order valence-electron chi connectivity index (χ0n) is 8.81. The second-order valence-corrected chi connectivity index (χ2v) is 4.01. The predicted octanol–water partition coefficient (Wildman–Crippen LogP) is 2.73. The lowest BCUT2D eigenvalue weighted by Gasteiger charge is -2.06. The maximum atomic E-state index is 4.44. The van der Waals surface area contributed by atoms with Crippen LogP contribution in [0, 0.1) is 0 Å². The summed E-state index contributed by atoms with van der Waals surface area (Å²) in [5.74, 6) is 1.51. The van der Waals surface area contributed by atoms with E-state index in [0.29, 0.717) is 5.82 Å².